The highest BCUT2D eigenvalue weighted by Gasteiger charge is 2.51. The average Bonchev–Trinajstić information content (AvgIpc) is 3.19. The predicted octanol–water partition coefficient (Wildman–Crippen LogP) is 7.20. The number of alkyl halides is 2. The standard InChI is InChI=1S/C44H51F2N3O7/c1-30(2)24-36(29-54-26-33-14-8-5-9-15-33)47-42(52)44(45,46)40(50)38(25-32-20-22-37(23-21-32)55-27-34-16-10-6-11-17-34)48-41(51)39(31(3)4)49-43(53)56-28-35-18-12-7-13-19-35/h5-23,30-31,36,38-39H,24-29H2,1-4H3,(H,47,52)(H,48,51)(H,49,53)/t36-,38?,39+/m1/s1. The Kier molecular flexibility index (Phi) is 16.5. The number of nitrogens with one attached hydrogen (secondary N) is 3. The largest absolute Gasteiger partial charge is 0.489 e. The average molecular weight is 772 g/mol. The van der Waals surface area contributed by atoms with Gasteiger partial charge in [0, 0.05) is 6.42 Å². The Labute approximate surface area is 327 Å². The van der Waals surface area contributed by atoms with Crippen LogP contribution in [0.15, 0.2) is 115 Å². The SMILES string of the molecule is CC(C)C[C@H](COCc1ccccc1)NC(=O)C(F)(F)C(=O)C(Cc1ccc(OCc2ccccc2)cc1)NC(=O)[C@@H](NC(=O)OCc1ccccc1)C(C)C. The lowest BCUT2D eigenvalue weighted by Crippen LogP contribution is -2.60. The molecule has 4 aromatic rings. The van der Waals surface area contributed by atoms with Crippen LogP contribution in [0.1, 0.15) is 56.4 Å². The van der Waals surface area contributed by atoms with Gasteiger partial charge in [-0.1, -0.05) is 131 Å². The maximum Gasteiger partial charge on any atom is 0.408 e. The lowest BCUT2D eigenvalue weighted by Gasteiger charge is -2.28. The molecule has 12 heteroatoms. The summed E-state index contributed by atoms with van der Waals surface area (Å²) in [6.45, 7) is 7.40. The second-order valence-corrected chi connectivity index (χ2v) is 14.4. The van der Waals surface area contributed by atoms with Crippen molar-refractivity contribution in [2.24, 2.45) is 11.8 Å². The van der Waals surface area contributed by atoms with Crippen LogP contribution in [0.25, 0.3) is 0 Å². The summed E-state index contributed by atoms with van der Waals surface area (Å²) in [4.78, 5) is 53.4. The topological polar surface area (TPSA) is 132 Å². The molecule has 3 amide bonds. The second kappa shape index (κ2) is 21.5. The van der Waals surface area contributed by atoms with Crippen LogP contribution in [-0.4, -0.2) is 54.3 Å². The van der Waals surface area contributed by atoms with Gasteiger partial charge in [0.25, 0.3) is 5.91 Å². The van der Waals surface area contributed by atoms with Crippen LogP contribution in [0, 0.1) is 11.8 Å². The number of ether oxygens (including phenoxy) is 3. The number of carbonyl (C=O) groups is 4. The summed E-state index contributed by atoms with van der Waals surface area (Å²) >= 11 is 0. The van der Waals surface area contributed by atoms with E-state index < -0.39 is 53.7 Å². The number of rotatable bonds is 21. The number of benzene rings is 4. The second-order valence-electron chi connectivity index (χ2n) is 14.4. The molecule has 0 saturated heterocycles. The highest BCUT2D eigenvalue weighted by molar-refractivity contribution is 6.10. The van der Waals surface area contributed by atoms with Gasteiger partial charge >= 0.3 is 12.0 Å². The Morgan fingerprint density at radius 1 is 0.643 bits per heavy atom. The third-order valence-electron chi connectivity index (χ3n) is 8.80. The van der Waals surface area contributed by atoms with Crippen LogP contribution in [0.4, 0.5) is 13.6 Å². The van der Waals surface area contributed by atoms with Crippen LogP contribution in [0.5, 0.6) is 5.75 Å². The zero-order chi connectivity index (χ0) is 40.5. The molecule has 0 radical (unpaired) electrons. The highest BCUT2D eigenvalue weighted by Crippen LogP contribution is 2.23. The van der Waals surface area contributed by atoms with Gasteiger partial charge in [-0.15, -0.1) is 0 Å². The molecule has 0 bridgehead atoms. The van der Waals surface area contributed by atoms with Gasteiger partial charge in [0.05, 0.1) is 25.3 Å². The van der Waals surface area contributed by atoms with E-state index in [4.69, 9.17) is 14.2 Å². The van der Waals surface area contributed by atoms with Crippen molar-refractivity contribution >= 4 is 23.7 Å². The van der Waals surface area contributed by atoms with Gasteiger partial charge < -0.3 is 30.2 Å². The van der Waals surface area contributed by atoms with Gasteiger partial charge in [-0.25, -0.2) is 4.79 Å². The van der Waals surface area contributed by atoms with E-state index in [0.29, 0.717) is 29.9 Å². The molecular formula is C44H51F2N3O7. The lowest BCUT2D eigenvalue weighted by molar-refractivity contribution is -0.161. The molecule has 10 nitrogen and oxygen atoms in total. The Morgan fingerprint density at radius 3 is 1.71 bits per heavy atom. The number of ketones is 1. The quantitative estimate of drug-likeness (QED) is 0.0765. The summed E-state index contributed by atoms with van der Waals surface area (Å²) in [7, 11) is 0. The van der Waals surface area contributed by atoms with Crippen LogP contribution in [0.3, 0.4) is 0 Å². The molecule has 0 aliphatic carbocycles. The van der Waals surface area contributed by atoms with E-state index in [2.05, 4.69) is 16.0 Å². The maximum atomic E-state index is 16.0. The minimum Gasteiger partial charge on any atom is -0.489 e. The van der Waals surface area contributed by atoms with Crippen LogP contribution in [0.2, 0.25) is 0 Å². The smallest absolute Gasteiger partial charge is 0.408 e. The van der Waals surface area contributed by atoms with E-state index in [-0.39, 0.29) is 32.2 Å². The highest BCUT2D eigenvalue weighted by atomic mass is 19.3. The molecule has 3 N–H and O–H groups in total. The molecule has 0 aliphatic heterocycles. The van der Waals surface area contributed by atoms with Crippen LogP contribution >= 0.6 is 0 Å². The third kappa shape index (κ3) is 13.9. The fraction of sp³-hybridized carbons (Fsp3) is 0.364. The molecule has 56 heavy (non-hydrogen) atoms. The van der Waals surface area contributed by atoms with E-state index in [1.165, 1.54) is 0 Å². The first-order chi connectivity index (χ1) is 26.8. The fourth-order valence-electron chi connectivity index (χ4n) is 5.83. The molecule has 298 valence electrons. The normalized spacial score (nSPS) is 13.0. The van der Waals surface area contributed by atoms with Gasteiger partial charge in [-0.05, 0) is 52.6 Å². The van der Waals surface area contributed by atoms with E-state index >= 15 is 8.78 Å². The van der Waals surface area contributed by atoms with Gasteiger partial charge in [0.1, 0.15) is 25.0 Å². The molecule has 0 spiro atoms. The summed E-state index contributed by atoms with van der Waals surface area (Å²) in [5, 5.41) is 7.22. The molecule has 0 aliphatic rings. The van der Waals surface area contributed by atoms with Crippen LogP contribution < -0.4 is 20.7 Å². The number of hydrogen-bond donors (Lipinski definition) is 3. The summed E-state index contributed by atoms with van der Waals surface area (Å²) in [6.07, 6.45) is -0.983. The number of halogens is 2. The van der Waals surface area contributed by atoms with Crippen molar-refractivity contribution in [3.63, 3.8) is 0 Å². The molecule has 4 aromatic carbocycles. The molecule has 4 rings (SSSR count). The van der Waals surface area contributed by atoms with Crippen molar-refractivity contribution in [3.8, 4) is 5.75 Å². The molecule has 0 aromatic heterocycles. The van der Waals surface area contributed by atoms with Crippen molar-refractivity contribution in [2.75, 3.05) is 6.61 Å². The monoisotopic (exact) mass is 771 g/mol. The van der Waals surface area contributed by atoms with Gasteiger partial charge in [0.15, 0.2) is 0 Å². The van der Waals surface area contributed by atoms with Gasteiger partial charge in [-0.3, -0.25) is 14.4 Å². The molecule has 1 unspecified atom stereocenters. The minimum absolute atomic E-state index is 0.0106. The molecule has 0 saturated carbocycles. The third-order valence-corrected chi connectivity index (χ3v) is 8.80. The summed E-state index contributed by atoms with van der Waals surface area (Å²) < 4.78 is 48.9. The van der Waals surface area contributed by atoms with Crippen molar-refractivity contribution in [1.29, 1.82) is 0 Å². The number of Topliss-reactive ketones (excluding diaryl/α,β-unsaturated/α-hetero) is 1. The first kappa shape index (κ1) is 43.1. The Hall–Kier alpha value is -5.62. The number of amides is 3. The summed E-state index contributed by atoms with van der Waals surface area (Å²) in [6, 6.07) is 30.1. The zero-order valence-corrected chi connectivity index (χ0v) is 32.2. The first-order valence-electron chi connectivity index (χ1n) is 18.7. The molecule has 0 fully saturated rings. The van der Waals surface area contributed by atoms with Gasteiger partial charge in [-0.2, -0.15) is 8.78 Å². The van der Waals surface area contributed by atoms with E-state index in [0.717, 1.165) is 11.1 Å². The van der Waals surface area contributed by atoms with Crippen LogP contribution in [-0.2, 0) is 50.1 Å². The Balaban J connectivity index is 1.50. The van der Waals surface area contributed by atoms with Crippen molar-refractivity contribution in [2.45, 2.75) is 84.4 Å². The number of carbonyl (C=O) groups excluding carboxylic acids is 4. The molecule has 0 heterocycles. The maximum absolute atomic E-state index is 16.0. The van der Waals surface area contributed by atoms with E-state index in [1.54, 1.807) is 62.4 Å². The summed E-state index contributed by atoms with van der Waals surface area (Å²) in [5.74, 6) is -9.08. The Bertz CT molecular complexity index is 1830. The molecular weight excluding hydrogens is 720 g/mol. The van der Waals surface area contributed by atoms with E-state index in [9.17, 15) is 19.2 Å². The van der Waals surface area contributed by atoms with Crippen molar-refractivity contribution in [1.82, 2.24) is 16.0 Å². The van der Waals surface area contributed by atoms with Gasteiger partial charge in [0.2, 0.25) is 11.7 Å². The lowest BCUT2D eigenvalue weighted by atomic mass is 9.96. The first-order valence-corrected chi connectivity index (χ1v) is 18.7. The Morgan fingerprint density at radius 2 is 1.18 bits per heavy atom. The van der Waals surface area contributed by atoms with E-state index in [1.807, 2.05) is 80.6 Å². The van der Waals surface area contributed by atoms with Crippen molar-refractivity contribution < 1.29 is 42.2 Å². The minimum atomic E-state index is -4.54. The molecule has 3 atom stereocenters. The fourth-order valence-corrected chi connectivity index (χ4v) is 5.83. The summed E-state index contributed by atoms with van der Waals surface area (Å²) in [5.41, 5.74) is 2.95. The predicted molar refractivity (Wildman–Crippen MR) is 209 cm³/mol. The number of alkyl carbamates (subject to hydrolysis) is 1. The zero-order valence-electron chi connectivity index (χ0n) is 32.2. The van der Waals surface area contributed by atoms with Crippen molar-refractivity contribution in [3.05, 3.63) is 138 Å². The number of hydrogen-bond acceptors (Lipinski definition) is 7.